The molecule has 2 atom stereocenters. The summed E-state index contributed by atoms with van der Waals surface area (Å²) in [7, 11) is 0. The molecule has 0 fully saturated rings. The molecule has 3 nitrogen and oxygen atoms in total. The summed E-state index contributed by atoms with van der Waals surface area (Å²) in [6.07, 6.45) is 7.01. The van der Waals surface area contributed by atoms with Gasteiger partial charge in [0.15, 0.2) is 0 Å². The number of rotatable bonds is 6. The summed E-state index contributed by atoms with van der Waals surface area (Å²) in [5.74, 6) is 1.76. The van der Waals surface area contributed by atoms with Gasteiger partial charge in [0, 0.05) is 31.4 Å². The molecule has 2 unspecified atom stereocenters. The lowest BCUT2D eigenvalue weighted by Gasteiger charge is -2.29. The molecule has 18 heavy (non-hydrogen) atoms. The molecular weight excluding hydrogens is 222 g/mol. The van der Waals surface area contributed by atoms with Gasteiger partial charge in [0.2, 0.25) is 0 Å². The number of nitrogens with zero attached hydrogens (tertiary/aromatic N) is 2. The van der Waals surface area contributed by atoms with Crippen molar-refractivity contribution in [2.24, 2.45) is 17.1 Å². The standard InChI is InChI=1S/C15H29N3/c1-6-8-18-9-7-17-14(18)11-13(16)10-12(2)15(3,4)5/h7,9,12-13H,6,8,10-11,16H2,1-5H3. The van der Waals surface area contributed by atoms with Crippen molar-refractivity contribution in [3.8, 4) is 0 Å². The topological polar surface area (TPSA) is 43.8 Å². The molecule has 3 heteroatoms. The van der Waals surface area contributed by atoms with Gasteiger partial charge in [-0.05, 0) is 24.2 Å². The predicted octanol–water partition coefficient (Wildman–Crippen LogP) is 3.24. The lowest BCUT2D eigenvalue weighted by molar-refractivity contribution is 0.232. The summed E-state index contributed by atoms with van der Waals surface area (Å²) >= 11 is 0. The van der Waals surface area contributed by atoms with E-state index >= 15 is 0 Å². The van der Waals surface area contributed by atoms with Crippen LogP contribution in [0.15, 0.2) is 12.4 Å². The van der Waals surface area contributed by atoms with Crippen molar-refractivity contribution in [2.45, 2.75) is 66.5 Å². The van der Waals surface area contributed by atoms with E-state index in [9.17, 15) is 0 Å². The van der Waals surface area contributed by atoms with E-state index in [4.69, 9.17) is 5.73 Å². The number of hydrogen-bond donors (Lipinski definition) is 1. The molecule has 1 aromatic heterocycles. The third-order valence-corrected chi connectivity index (χ3v) is 3.85. The highest BCUT2D eigenvalue weighted by Gasteiger charge is 2.22. The van der Waals surface area contributed by atoms with Crippen LogP contribution in [0.2, 0.25) is 0 Å². The molecule has 1 heterocycles. The number of nitrogens with two attached hydrogens (primary N) is 1. The van der Waals surface area contributed by atoms with Crippen LogP contribution in [0.3, 0.4) is 0 Å². The Morgan fingerprint density at radius 1 is 1.39 bits per heavy atom. The average molecular weight is 251 g/mol. The van der Waals surface area contributed by atoms with Crippen molar-refractivity contribution in [1.29, 1.82) is 0 Å². The molecule has 0 radical (unpaired) electrons. The van der Waals surface area contributed by atoms with Crippen molar-refractivity contribution in [2.75, 3.05) is 0 Å². The number of aryl methyl sites for hydroxylation is 1. The highest BCUT2D eigenvalue weighted by atomic mass is 15.1. The average Bonchev–Trinajstić information content (AvgIpc) is 2.64. The number of aromatic nitrogens is 2. The SMILES string of the molecule is CCCn1ccnc1CC(N)CC(C)C(C)(C)C. The molecule has 0 aliphatic carbocycles. The Kier molecular flexibility index (Phi) is 5.39. The minimum absolute atomic E-state index is 0.206. The minimum Gasteiger partial charge on any atom is -0.335 e. The van der Waals surface area contributed by atoms with E-state index in [2.05, 4.69) is 50.4 Å². The summed E-state index contributed by atoms with van der Waals surface area (Å²) in [5, 5.41) is 0. The largest absolute Gasteiger partial charge is 0.335 e. The van der Waals surface area contributed by atoms with Crippen molar-refractivity contribution in [3.63, 3.8) is 0 Å². The van der Waals surface area contributed by atoms with Crippen LogP contribution in [-0.2, 0) is 13.0 Å². The van der Waals surface area contributed by atoms with E-state index in [1.165, 1.54) is 0 Å². The minimum atomic E-state index is 0.206. The van der Waals surface area contributed by atoms with Crippen LogP contribution >= 0.6 is 0 Å². The zero-order chi connectivity index (χ0) is 13.8. The third-order valence-electron chi connectivity index (χ3n) is 3.85. The fraction of sp³-hybridized carbons (Fsp3) is 0.800. The molecule has 0 aliphatic rings. The number of imidazole rings is 1. The molecule has 1 aromatic rings. The van der Waals surface area contributed by atoms with E-state index in [1.54, 1.807) is 0 Å². The smallest absolute Gasteiger partial charge is 0.110 e. The van der Waals surface area contributed by atoms with Gasteiger partial charge in [0.05, 0.1) is 0 Å². The summed E-state index contributed by atoms with van der Waals surface area (Å²) in [6.45, 7) is 12.4. The maximum atomic E-state index is 6.27. The molecule has 0 bridgehead atoms. The van der Waals surface area contributed by atoms with Crippen molar-refractivity contribution in [3.05, 3.63) is 18.2 Å². The van der Waals surface area contributed by atoms with E-state index in [-0.39, 0.29) is 6.04 Å². The van der Waals surface area contributed by atoms with Crippen LogP contribution in [0, 0.1) is 11.3 Å². The van der Waals surface area contributed by atoms with Gasteiger partial charge in [-0.1, -0.05) is 34.6 Å². The first-order valence-electron chi connectivity index (χ1n) is 7.10. The number of hydrogen-bond acceptors (Lipinski definition) is 2. The monoisotopic (exact) mass is 251 g/mol. The van der Waals surface area contributed by atoms with Crippen LogP contribution in [0.4, 0.5) is 0 Å². The van der Waals surface area contributed by atoms with Crippen LogP contribution in [0.1, 0.15) is 53.3 Å². The molecule has 0 saturated carbocycles. The van der Waals surface area contributed by atoms with Gasteiger partial charge in [-0.2, -0.15) is 0 Å². The van der Waals surface area contributed by atoms with Crippen molar-refractivity contribution >= 4 is 0 Å². The van der Waals surface area contributed by atoms with Crippen LogP contribution in [0.5, 0.6) is 0 Å². The Morgan fingerprint density at radius 2 is 2.06 bits per heavy atom. The summed E-state index contributed by atoms with van der Waals surface area (Å²) in [4.78, 5) is 4.43. The van der Waals surface area contributed by atoms with Crippen LogP contribution in [-0.4, -0.2) is 15.6 Å². The molecule has 0 spiro atoms. The lowest BCUT2D eigenvalue weighted by atomic mass is 9.78. The predicted molar refractivity (Wildman–Crippen MR) is 77.4 cm³/mol. The first kappa shape index (κ1) is 15.2. The Labute approximate surface area is 112 Å². The zero-order valence-corrected chi connectivity index (χ0v) is 12.6. The third kappa shape index (κ3) is 4.45. The molecular formula is C15H29N3. The Balaban J connectivity index is 2.54. The first-order chi connectivity index (χ1) is 8.34. The van der Waals surface area contributed by atoms with E-state index in [1.807, 2.05) is 6.20 Å². The van der Waals surface area contributed by atoms with E-state index in [0.29, 0.717) is 11.3 Å². The van der Waals surface area contributed by atoms with Crippen LogP contribution < -0.4 is 5.73 Å². The molecule has 1 rings (SSSR count). The molecule has 0 aliphatic heterocycles. The fourth-order valence-corrected chi connectivity index (χ4v) is 2.10. The first-order valence-corrected chi connectivity index (χ1v) is 7.10. The van der Waals surface area contributed by atoms with E-state index < -0.39 is 0 Å². The second kappa shape index (κ2) is 6.37. The Morgan fingerprint density at radius 3 is 2.61 bits per heavy atom. The van der Waals surface area contributed by atoms with Crippen LogP contribution in [0.25, 0.3) is 0 Å². The van der Waals surface area contributed by atoms with Gasteiger partial charge >= 0.3 is 0 Å². The highest BCUT2D eigenvalue weighted by molar-refractivity contribution is 4.95. The maximum Gasteiger partial charge on any atom is 0.110 e. The molecule has 0 amide bonds. The van der Waals surface area contributed by atoms with E-state index in [0.717, 1.165) is 31.6 Å². The fourth-order valence-electron chi connectivity index (χ4n) is 2.10. The second-order valence-corrected chi connectivity index (χ2v) is 6.50. The second-order valence-electron chi connectivity index (χ2n) is 6.50. The zero-order valence-electron chi connectivity index (χ0n) is 12.6. The highest BCUT2D eigenvalue weighted by Crippen LogP contribution is 2.29. The summed E-state index contributed by atoms with van der Waals surface area (Å²) < 4.78 is 2.22. The van der Waals surface area contributed by atoms with Gasteiger partial charge in [0.1, 0.15) is 5.82 Å². The van der Waals surface area contributed by atoms with Crippen molar-refractivity contribution < 1.29 is 0 Å². The van der Waals surface area contributed by atoms with Gasteiger partial charge in [0.25, 0.3) is 0 Å². The quantitative estimate of drug-likeness (QED) is 0.843. The van der Waals surface area contributed by atoms with Gasteiger partial charge in [-0.3, -0.25) is 0 Å². The molecule has 0 saturated heterocycles. The van der Waals surface area contributed by atoms with Gasteiger partial charge in [-0.15, -0.1) is 0 Å². The van der Waals surface area contributed by atoms with Gasteiger partial charge < -0.3 is 10.3 Å². The van der Waals surface area contributed by atoms with Gasteiger partial charge in [-0.25, -0.2) is 4.98 Å². The normalized spacial score (nSPS) is 15.7. The van der Waals surface area contributed by atoms with Crippen molar-refractivity contribution in [1.82, 2.24) is 9.55 Å². The molecule has 2 N–H and O–H groups in total. The maximum absolute atomic E-state index is 6.27. The molecule has 0 aromatic carbocycles. The lowest BCUT2D eigenvalue weighted by Crippen LogP contribution is -2.31. The summed E-state index contributed by atoms with van der Waals surface area (Å²) in [5.41, 5.74) is 6.60. The summed E-state index contributed by atoms with van der Waals surface area (Å²) in [6, 6.07) is 0.206. The Bertz CT molecular complexity index is 349. The Hall–Kier alpha value is -0.830. The molecule has 104 valence electrons.